The predicted molar refractivity (Wildman–Crippen MR) is 87.0 cm³/mol. The second-order valence-corrected chi connectivity index (χ2v) is 8.25. The molecule has 0 fully saturated rings. The molecule has 0 aliphatic heterocycles. The van der Waals surface area contributed by atoms with Crippen molar-refractivity contribution in [1.82, 2.24) is 19.5 Å². The first-order chi connectivity index (χ1) is 10.8. The Hall–Kier alpha value is -1.45. The molecule has 0 saturated heterocycles. The average molecular weight is 358 g/mol. The minimum Gasteiger partial charge on any atom is -0.308 e. The van der Waals surface area contributed by atoms with Gasteiger partial charge < -0.3 is 4.57 Å². The summed E-state index contributed by atoms with van der Waals surface area (Å²) in [4.78, 5) is 0.00951. The molecule has 0 radical (unpaired) electrons. The molecule has 1 heterocycles. The molecule has 6 nitrogen and oxygen atoms in total. The van der Waals surface area contributed by atoms with Crippen LogP contribution in [0.25, 0.3) is 0 Å². The lowest BCUT2D eigenvalue weighted by molar-refractivity contribution is 0.575. The van der Waals surface area contributed by atoms with Crippen molar-refractivity contribution in [2.24, 2.45) is 7.05 Å². The Morgan fingerprint density at radius 3 is 2.57 bits per heavy atom. The van der Waals surface area contributed by atoms with Gasteiger partial charge in [-0.1, -0.05) is 25.6 Å². The summed E-state index contributed by atoms with van der Waals surface area (Å²) in [6, 6.07) is 4.66. The number of benzene rings is 1. The Kier molecular flexibility index (Phi) is 5.77. The third kappa shape index (κ3) is 4.52. The molecule has 126 valence electrons. The average Bonchev–Trinajstić information content (AvgIpc) is 2.86. The van der Waals surface area contributed by atoms with Gasteiger partial charge in [-0.25, -0.2) is 17.5 Å². The number of thioether (sulfide) groups is 1. The highest BCUT2D eigenvalue weighted by molar-refractivity contribution is 7.99. The molecule has 0 aliphatic rings. The van der Waals surface area contributed by atoms with E-state index in [1.54, 1.807) is 23.4 Å². The Morgan fingerprint density at radius 1 is 1.30 bits per heavy atom. The lowest BCUT2D eigenvalue weighted by Gasteiger charge is -2.09. The third-order valence-electron chi connectivity index (χ3n) is 3.35. The minimum absolute atomic E-state index is 0.00951. The first kappa shape index (κ1) is 17.9. The highest BCUT2D eigenvalue weighted by Crippen LogP contribution is 2.23. The van der Waals surface area contributed by atoms with Crippen molar-refractivity contribution in [3.05, 3.63) is 35.9 Å². The van der Waals surface area contributed by atoms with Crippen LogP contribution >= 0.6 is 11.8 Å². The zero-order valence-corrected chi connectivity index (χ0v) is 14.8. The first-order valence-electron chi connectivity index (χ1n) is 7.13. The molecule has 1 aromatic heterocycles. The van der Waals surface area contributed by atoms with Crippen LogP contribution in [0.3, 0.4) is 0 Å². The van der Waals surface area contributed by atoms with Crippen LogP contribution in [0.4, 0.5) is 4.39 Å². The van der Waals surface area contributed by atoms with Gasteiger partial charge in [0.05, 0.1) is 11.4 Å². The Balaban J connectivity index is 2.07. The summed E-state index contributed by atoms with van der Waals surface area (Å²) in [6.45, 7) is 4.20. The highest BCUT2D eigenvalue weighted by atomic mass is 32.2. The van der Waals surface area contributed by atoms with Crippen LogP contribution in [-0.2, 0) is 23.6 Å². The standard InChI is InChI=1S/C14H19FN4O2S2/c1-4-10(2)22-14-18-17-13(19(14)3)9-16-23(20,21)12-7-5-11(15)6-8-12/h5-8,10,16H,4,9H2,1-3H3/t10-/m0/s1. The molecule has 9 heteroatoms. The van der Waals surface area contributed by atoms with Gasteiger partial charge in [0, 0.05) is 12.3 Å². The summed E-state index contributed by atoms with van der Waals surface area (Å²) in [5, 5.41) is 9.25. The fourth-order valence-electron chi connectivity index (χ4n) is 1.72. The van der Waals surface area contributed by atoms with Crippen molar-refractivity contribution in [3.63, 3.8) is 0 Å². The molecule has 23 heavy (non-hydrogen) atoms. The summed E-state index contributed by atoms with van der Waals surface area (Å²) in [5.41, 5.74) is 0. The minimum atomic E-state index is -3.72. The molecule has 0 bridgehead atoms. The number of hydrogen-bond donors (Lipinski definition) is 1. The normalized spacial score (nSPS) is 13.2. The summed E-state index contributed by atoms with van der Waals surface area (Å²) < 4.78 is 41.4. The molecule has 1 aromatic carbocycles. The van der Waals surface area contributed by atoms with Gasteiger partial charge in [-0.3, -0.25) is 0 Å². The van der Waals surface area contributed by atoms with Gasteiger partial charge in [0.2, 0.25) is 10.0 Å². The van der Waals surface area contributed by atoms with Crippen LogP contribution in [0.5, 0.6) is 0 Å². The zero-order chi connectivity index (χ0) is 17.0. The molecule has 2 rings (SSSR count). The number of sulfonamides is 1. The first-order valence-corrected chi connectivity index (χ1v) is 9.50. The van der Waals surface area contributed by atoms with Crippen molar-refractivity contribution in [3.8, 4) is 0 Å². The second kappa shape index (κ2) is 7.41. The molecule has 1 N–H and O–H groups in total. The summed E-state index contributed by atoms with van der Waals surface area (Å²) in [7, 11) is -1.92. The topological polar surface area (TPSA) is 76.9 Å². The highest BCUT2D eigenvalue weighted by Gasteiger charge is 2.17. The molecule has 2 aromatic rings. The van der Waals surface area contributed by atoms with Crippen molar-refractivity contribution in [1.29, 1.82) is 0 Å². The van der Waals surface area contributed by atoms with Gasteiger partial charge in [-0.05, 0) is 30.7 Å². The zero-order valence-electron chi connectivity index (χ0n) is 13.2. The number of hydrogen-bond acceptors (Lipinski definition) is 5. The number of aromatic nitrogens is 3. The Morgan fingerprint density at radius 2 is 1.96 bits per heavy atom. The van der Waals surface area contributed by atoms with Gasteiger partial charge in [0.25, 0.3) is 0 Å². The van der Waals surface area contributed by atoms with Crippen molar-refractivity contribution in [2.75, 3.05) is 0 Å². The van der Waals surface area contributed by atoms with Crippen LogP contribution in [0, 0.1) is 5.82 Å². The van der Waals surface area contributed by atoms with Crippen LogP contribution in [0.2, 0.25) is 0 Å². The summed E-state index contributed by atoms with van der Waals surface area (Å²) in [5.74, 6) is 0.0328. The van der Waals surface area contributed by atoms with Gasteiger partial charge in [-0.15, -0.1) is 10.2 Å². The van der Waals surface area contributed by atoms with E-state index >= 15 is 0 Å². The molecule has 0 unspecified atom stereocenters. The largest absolute Gasteiger partial charge is 0.308 e. The molecule has 0 aliphatic carbocycles. The number of halogens is 1. The monoisotopic (exact) mass is 358 g/mol. The Bertz CT molecular complexity index is 760. The van der Waals surface area contributed by atoms with E-state index in [0.717, 1.165) is 23.7 Å². The molecule has 0 spiro atoms. The lowest BCUT2D eigenvalue weighted by atomic mass is 10.4. The van der Waals surface area contributed by atoms with E-state index in [9.17, 15) is 12.8 Å². The Labute approximate surface area is 139 Å². The van der Waals surface area contributed by atoms with Gasteiger partial charge in [0.1, 0.15) is 11.6 Å². The fraction of sp³-hybridized carbons (Fsp3) is 0.429. The van der Waals surface area contributed by atoms with Crippen LogP contribution in [-0.4, -0.2) is 28.4 Å². The molecule has 0 saturated carbocycles. The number of nitrogens with one attached hydrogen (secondary N) is 1. The van der Waals surface area contributed by atoms with Crippen molar-refractivity contribution in [2.45, 2.75) is 42.1 Å². The smallest absolute Gasteiger partial charge is 0.240 e. The van der Waals surface area contributed by atoms with E-state index in [-0.39, 0.29) is 11.4 Å². The molecular weight excluding hydrogens is 339 g/mol. The maximum absolute atomic E-state index is 12.9. The maximum Gasteiger partial charge on any atom is 0.240 e. The molecule has 1 atom stereocenters. The van der Waals surface area contributed by atoms with E-state index in [4.69, 9.17) is 0 Å². The van der Waals surface area contributed by atoms with Crippen LogP contribution in [0.15, 0.2) is 34.3 Å². The van der Waals surface area contributed by atoms with E-state index in [0.29, 0.717) is 11.1 Å². The SMILES string of the molecule is CC[C@H](C)Sc1nnc(CNS(=O)(=O)c2ccc(F)cc2)n1C. The van der Waals surface area contributed by atoms with Crippen LogP contribution in [0.1, 0.15) is 26.1 Å². The van der Waals surface area contributed by atoms with Gasteiger partial charge in [0.15, 0.2) is 5.16 Å². The fourth-order valence-corrected chi connectivity index (χ4v) is 3.58. The van der Waals surface area contributed by atoms with E-state index < -0.39 is 15.8 Å². The number of rotatable bonds is 7. The van der Waals surface area contributed by atoms with E-state index in [1.165, 1.54) is 12.1 Å². The third-order valence-corrected chi connectivity index (χ3v) is 6.07. The van der Waals surface area contributed by atoms with Crippen LogP contribution < -0.4 is 4.72 Å². The molecular formula is C14H19FN4O2S2. The van der Waals surface area contributed by atoms with Crippen molar-refractivity contribution >= 4 is 21.8 Å². The molecule has 0 amide bonds. The predicted octanol–water partition coefficient (Wildman–Crippen LogP) is 2.32. The maximum atomic E-state index is 12.9. The summed E-state index contributed by atoms with van der Waals surface area (Å²) >= 11 is 1.59. The van der Waals surface area contributed by atoms with Crippen molar-refractivity contribution < 1.29 is 12.8 Å². The van der Waals surface area contributed by atoms with Gasteiger partial charge >= 0.3 is 0 Å². The van der Waals surface area contributed by atoms with Gasteiger partial charge in [-0.2, -0.15) is 0 Å². The second-order valence-electron chi connectivity index (χ2n) is 5.07. The van der Waals surface area contributed by atoms with E-state index in [2.05, 4.69) is 28.8 Å². The number of nitrogens with zero attached hydrogens (tertiary/aromatic N) is 3. The quantitative estimate of drug-likeness (QED) is 0.769. The summed E-state index contributed by atoms with van der Waals surface area (Å²) in [6.07, 6.45) is 1.00. The lowest BCUT2D eigenvalue weighted by Crippen LogP contribution is -2.24. The van der Waals surface area contributed by atoms with E-state index in [1.807, 2.05) is 0 Å².